The number of nitrogens with zero attached hydrogens (tertiary/aromatic N) is 4. The van der Waals surface area contributed by atoms with Gasteiger partial charge < -0.3 is 4.42 Å². The minimum Gasteiger partial charge on any atom is -0.401 e. The summed E-state index contributed by atoms with van der Waals surface area (Å²) in [6, 6.07) is 8.51. The molecule has 0 aliphatic heterocycles. The van der Waals surface area contributed by atoms with Crippen LogP contribution in [-0.4, -0.2) is 25.9 Å². The first kappa shape index (κ1) is 15.2. The Hall–Kier alpha value is -2.67. The summed E-state index contributed by atoms with van der Waals surface area (Å²) in [4.78, 5) is 12.1. The molecule has 0 unspecified atom stereocenters. The summed E-state index contributed by atoms with van der Waals surface area (Å²) in [6.45, 7) is 4.03. The van der Waals surface area contributed by atoms with Crippen LogP contribution in [0.1, 0.15) is 30.2 Å². The minimum absolute atomic E-state index is 0.0130. The van der Waals surface area contributed by atoms with E-state index in [0.717, 1.165) is 0 Å². The number of hydrogen-bond donors (Lipinski definition) is 1. The minimum atomic E-state index is -0.357. The van der Waals surface area contributed by atoms with Crippen LogP contribution in [0, 0.1) is 0 Å². The molecule has 3 aromatic rings. The molecule has 23 heavy (non-hydrogen) atoms. The zero-order chi connectivity index (χ0) is 16.4. The lowest BCUT2D eigenvalue weighted by Gasteiger charge is -2.02. The SMILES string of the molecule is CC(C)n1ccc(-c2nnc(NC(=O)c3ccc(Cl)cc3)o2)n1. The normalized spacial score (nSPS) is 11.0. The zero-order valence-corrected chi connectivity index (χ0v) is 13.3. The molecule has 0 bridgehead atoms. The van der Waals surface area contributed by atoms with Crippen molar-refractivity contribution in [3.63, 3.8) is 0 Å². The van der Waals surface area contributed by atoms with Crippen LogP contribution in [0.2, 0.25) is 5.02 Å². The van der Waals surface area contributed by atoms with Gasteiger partial charge in [-0.15, -0.1) is 5.10 Å². The fraction of sp³-hybridized carbons (Fsp3) is 0.200. The number of anilines is 1. The molecule has 0 aliphatic rings. The van der Waals surface area contributed by atoms with Gasteiger partial charge in [0.05, 0.1) is 0 Å². The molecule has 0 fully saturated rings. The number of aromatic nitrogens is 4. The van der Waals surface area contributed by atoms with Gasteiger partial charge in [-0.2, -0.15) is 5.10 Å². The maximum Gasteiger partial charge on any atom is 0.322 e. The molecule has 1 amide bonds. The molecule has 0 atom stereocenters. The Bertz CT molecular complexity index is 823. The second-order valence-electron chi connectivity index (χ2n) is 5.15. The largest absolute Gasteiger partial charge is 0.401 e. The van der Waals surface area contributed by atoms with Crippen LogP contribution in [0.4, 0.5) is 6.01 Å². The summed E-state index contributed by atoms with van der Waals surface area (Å²) in [6.07, 6.45) is 1.83. The molecule has 0 spiro atoms. The highest BCUT2D eigenvalue weighted by atomic mass is 35.5. The first-order valence-electron chi connectivity index (χ1n) is 6.99. The number of nitrogens with one attached hydrogen (secondary N) is 1. The molecule has 8 heteroatoms. The number of halogens is 1. The summed E-state index contributed by atoms with van der Waals surface area (Å²) in [5, 5.41) is 15.1. The van der Waals surface area contributed by atoms with E-state index in [1.54, 1.807) is 35.0 Å². The van der Waals surface area contributed by atoms with Gasteiger partial charge in [0.2, 0.25) is 0 Å². The van der Waals surface area contributed by atoms with Crippen LogP contribution in [0.15, 0.2) is 40.9 Å². The fourth-order valence-corrected chi connectivity index (χ4v) is 2.01. The number of carbonyl (C=O) groups excluding carboxylic acids is 1. The second kappa shape index (κ2) is 6.21. The average Bonchev–Trinajstić information content (AvgIpc) is 3.16. The van der Waals surface area contributed by atoms with E-state index in [1.807, 2.05) is 20.0 Å². The Balaban J connectivity index is 1.73. The third-order valence-corrected chi connectivity index (χ3v) is 3.36. The van der Waals surface area contributed by atoms with Gasteiger partial charge in [0, 0.05) is 22.8 Å². The molecule has 1 N–H and O–H groups in total. The van der Waals surface area contributed by atoms with Crippen molar-refractivity contribution in [3.05, 3.63) is 47.1 Å². The van der Waals surface area contributed by atoms with E-state index in [0.29, 0.717) is 16.3 Å². The van der Waals surface area contributed by atoms with E-state index in [1.165, 1.54) is 0 Å². The predicted molar refractivity (Wildman–Crippen MR) is 85.3 cm³/mol. The van der Waals surface area contributed by atoms with Crippen LogP contribution in [0.5, 0.6) is 0 Å². The van der Waals surface area contributed by atoms with E-state index in [4.69, 9.17) is 16.0 Å². The van der Waals surface area contributed by atoms with Gasteiger partial charge >= 0.3 is 6.01 Å². The fourth-order valence-electron chi connectivity index (χ4n) is 1.89. The Morgan fingerprint density at radius 1 is 1.22 bits per heavy atom. The van der Waals surface area contributed by atoms with Gasteiger partial charge in [-0.1, -0.05) is 16.7 Å². The maximum atomic E-state index is 12.1. The van der Waals surface area contributed by atoms with E-state index in [2.05, 4.69) is 20.6 Å². The molecule has 0 saturated heterocycles. The number of hydrogen-bond acceptors (Lipinski definition) is 5. The van der Waals surface area contributed by atoms with Crippen LogP contribution in [-0.2, 0) is 0 Å². The smallest absolute Gasteiger partial charge is 0.322 e. The molecule has 0 aliphatic carbocycles. The summed E-state index contributed by atoms with van der Waals surface area (Å²) >= 11 is 5.79. The van der Waals surface area contributed by atoms with E-state index >= 15 is 0 Å². The average molecular weight is 332 g/mol. The van der Waals surface area contributed by atoms with Crippen molar-refractivity contribution in [3.8, 4) is 11.6 Å². The van der Waals surface area contributed by atoms with Crippen molar-refractivity contribution >= 4 is 23.5 Å². The number of carbonyl (C=O) groups is 1. The molecule has 3 rings (SSSR count). The highest BCUT2D eigenvalue weighted by molar-refractivity contribution is 6.30. The molecule has 1 aromatic carbocycles. The molecular weight excluding hydrogens is 318 g/mol. The zero-order valence-electron chi connectivity index (χ0n) is 12.5. The highest BCUT2D eigenvalue weighted by Crippen LogP contribution is 2.19. The summed E-state index contributed by atoms with van der Waals surface area (Å²) in [5.74, 6) is -0.111. The van der Waals surface area contributed by atoms with E-state index in [-0.39, 0.29) is 23.9 Å². The molecule has 2 heterocycles. The third kappa shape index (κ3) is 3.40. The van der Waals surface area contributed by atoms with Crippen LogP contribution < -0.4 is 5.32 Å². The maximum absolute atomic E-state index is 12.1. The number of amides is 1. The summed E-state index contributed by atoms with van der Waals surface area (Å²) < 4.78 is 7.21. The Labute approximate surface area is 137 Å². The van der Waals surface area contributed by atoms with Crippen LogP contribution in [0.25, 0.3) is 11.6 Å². The van der Waals surface area contributed by atoms with Gasteiger partial charge in [-0.3, -0.25) is 14.8 Å². The van der Waals surface area contributed by atoms with Gasteiger partial charge in [-0.05, 0) is 44.2 Å². The van der Waals surface area contributed by atoms with Gasteiger partial charge in [0.1, 0.15) is 5.69 Å². The van der Waals surface area contributed by atoms with Crippen molar-refractivity contribution in [2.75, 3.05) is 5.32 Å². The molecule has 0 radical (unpaired) electrons. The summed E-state index contributed by atoms with van der Waals surface area (Å²) in [7, 11) is 0. The predicted octanol–water partition coefficient (Wildman–Crippen LogP) is 3.42. The first-order valence-corrected chi connectivity index (χ1v) is 7.36. The van der Waals surface area contributed by atoms with Crippen LogP contribution >= 0.6 is 11.6 Å². The standard InChI is InChI=1S/C15H14ClN5O2/c1-9(2)21-8-7-12(20-21)14-18-19-15(23-14)17-13(22)10-3-5-11(16)6-4-10/h3-9H,1-2H3,(H,17,19,22). The highest BCUT2D eigenvalue weighted by Gasteiger charge is 2.15. The lowest BCUT2D eigenvalue weighted by Crippen LogP contribution is -2.11. The van der Waals surface area contributed by atoms with Gasteiger partial charge in [0.15, 0.2) is 0 Å². The Morgan fingerprint density at radius 3 is 2.61 bits per heavy atom. The van der Waals surface area contributed by atoms with Crippen LogP contribution in [0.3, 0.4) is 0 Å². The summed E-state index contributed by atoms with van der Waals surface area (Å²) in [5.41, 5.74) is 0.997. The van der Waals surface area contributed by atoms with Crippen molar-refractivity contribution in [2.24, 2.45) is 0 Å². The number of rotatable bonds is 4. The van der Waals surface area contributed by atoms with E-state index in [9.17, 15) is 4.79 Å². The third-order valence-electron chi connectivity index (χ3n) is 3.11. The first-order chi connectivity index (χ1) is 11.0. The Morgan fingerprint density at radius 2 is 1.96 bits per heavy atom. The van der Waals surface area contributed by atoms with Crippen molar-refractivity contribution in [1.29, 1.82) is 0 Å². The van der Waals surface area contributed by atoms with Crippen molar-refractivity contribution in [1.82, 2.24) is 20.0 Å². The molecule has 7 nitrogen and oxygen atoms in total. The molecule has 118 valence electrons. The number of benzene rings is 1. The molecule has 2 aromatic heterocycles. The molecular formula is C15H14ClN5O2. The molecule has 0 saturated carbocycles. The van der Waals surface area contributed by atoms with E-state index < -0.39 is 0 Å². The quantitative estimate of drug-likeness (QED) is 0.791. The topological polar surface area (TPSA) is 85.8 Å². The van der Waals surface area contributed by atoms with Gasteiger partial charge in [-0.25, -0.2) is 0 Å². The van der Waals surface area contributed by atoms with Crippen molar-refractivity contribution < 1.29 is 9.21 Å². The van der Waals surface area contributed by atoms with Gasteiger partial charge in [0.25, 0.3) is 11.8 Å². The lowest BCUT2D eigenvalue weighted by atomic mass is 10.2. The monoisotopic (exact) mass is 331 g/mol. The van der Waals surface area contributed by atoms with Crippen molar-refractivity contribution in [2.45, 2.75) is 19.9 Å². The lowest BCUT2D eigenvalue weighted by molar-refractivity contribution is 0.102. The Kier molecular flexibility index (Phi) is 4.12. The second-order valence-corrected chi connectivity index (χ2v) is 5.58.